The summed E-state index contributed by atoms with van der Waals surface area (Å²) in [4.78, 5) is 1.89. The summed E-state index contributed by atoms with van der Waals surface area (Å²) < 4.78 is 39.7. The Morgan fingerprint density at radius 3 is 2.43 bits per heavy atom. The van der Waals surface area contributed by atoms with Gasteiger partial charge in [0.25, 0.3) is 0 Å². The summed E-state index contributed by atoms with van der Waals surface area (Å²) in [5.74, 6) is 0. The molecule has 0 aliphatic heterocycles. The third-order valence-electron chi connectivity index (χ3n) is 3.80. The van der Waals surface area contributed by atoms with Gasteiger partial charge in [0.1, 0.15) is 0 Å². The summed E-state index contributed by atoms with van der Waals surface area (Å²) in [5.41, 5.74) is 0.368. The Bertz CT molecular complexity index is 444. The molecule has 0 aromatic heterocycles. The zero-order chi connectivity index (χ0) is 16.0. The van der Waals surface area contributed by atoms with Gasteiger partial charge >= 0.3 is 6.18 Å². The van der Waals surface area contributed by atoms with Gasteiger partial charge in [-0.25, -0.2) is 0 Å². The van der Waals surface area contributed by atoms with Gasteiger partial charge in [-0.1, -0.05) is 19.9 Å². The second-order valence-electron chi connectivity index (χ2n) is 5.38. The maximum Gasteiger partial charge on any atom is 0.416 e. The topological polar surface area (TPSA) is 15.3 Å². The molecule has 120 valence electrons. The lowest BCUT2D eigenvalue weighted by molar-refractivity contribution is -0.138. The highest BCUT2D eigenvalue weighted by Gasteiger charge is 2.33. The minimum Gasteiger partial charge on any atom is -0.372 e. The second kappa shape index (κ2) is 7.69. The van der Waals surface area contributed by atoms with Crippen LogP contribution in [0.4, 0.5) is 18.9 Å². The van der Waals surface area contributed by atoms with E-state index in [2.05, 4.69) is 5.32 Å². The first-order valence-corrected chi connectivity index (χ1v) is 7.44. The van der Waals surface area contributed by atoms with Crippen LogP contribution in [0.25, 0.3) is 0 Å². The van der Waals surface area contributed by atoms with Crippen LogP contribution in [0.3, 0.4) is 0 Å². The molecular formula is C16H25F3N2. The van der Waals surface area contributed by atoms with Gasteiger partial charge in [0.05, 0.1) is 5.56 Å². The lowest BCUT2D eigenvalue weighted by Gasteiger charge is -2.27. The van der Waals surface area contributed by atoms with E-state index in [9.17, 15) is 13.2 Å². The van der Waals surface area contributed by atoms with Gasteiger partial charge in [-0.2, -0.15) is 13.2 Å². The number of rotatable bonds is 7. The van der Waals surface area contributed by atoms with Gasteiger partial charge < -0.3 is 10.2 Å². The van der Waals surface area contributed by atoms with Gasteiger partial charge in [-0.05, 0) is 44.0 Å². The summed E-state index contributed by atoms with van der Waals surface area (Å²) in [5, 5.41) is 3.03. The van der Waals surface area contributed by atoms with Crippen molar-refractivity contribution in [2.45, 2.75) is 52.4 Å². The van der Waals surface area contributed by atoms with Gasteiger partial charge in [0.2, 0.25) is 0 Å². The number of hydrogen-bond donors (Lipinski definition) is 1. The first kappa shape index (κ1) is 17.8. The molecule has 1 aromatic rings. The van der Waals surface area contributed by atoms with E-state index in [0.717, 1.165) is 12.8 Å². The average Bonchev–Trinajstić information content (AvgIpc) is 2.45. The standard InChI is InChI=1S/C16H25F3N2/c1-5-9-20-11-13-7-8-14(21(4)12(3)6-2)10-15(13)16(17,18)19/h7-8,10,12,20H,5-6,9,11H2,1-4H3. The van der Waals surface area contributed by atoms with E-state index in [1.54, 1.807) is 12.1 Å². The predicted octanol–water partition coefficient (Wildman–Crippen LogP) is 4.44. The third kappa shape index (κ3) is 4.92. The Labute approximate surface area is 125 Å². The SMILES string of the molecule is CCCNCc1ccc(N(C)C(C)CC)cc1C(F)(F)F. The number of benzene rings is 1. The minimum absolute atomic E-state index is 0.204. The zero-order valence-electron chi connectivity index (χ0n) is 13.2. The van der Waals surface area contributed by atoms with E-state index < -0.39 is 11.7 Å². The van der Waals surface area contributed by atoms with Crippen LogP contribution >= 0.6 is 0 Å². The van der Waals surface area contributed by atoms with Crippen molar-refractivity contribution in [1.29, 1.82) is 0 Å². The molecule has 0 saturated carbocycles. The fourth-order valence-electron chi connectivity index (χ4n) is 2.13. The van der Waals surface area contributed by atoms with Crippen molar-refractivity contribution in [2.75, 3.05) is 18.5 Å². The van der Waals surface area contributed by atoms with Crippen LogP contribution in [0.15, 0.2) is 18.2 Å². The van der Waals surface area contributed by atoms with Gasteiger partial charge in [-0.15, -0.1) is 0 Å². The van der Waals surface area contributed by atoms with E-state index in [4.69, 9.17) is 0 Å². The Balaban J connectivity index is 3.07. The van der Waals surface area contributed by atoms with Crippen molar-refractivity contribution in [3.8, 4) is 0 Å². The molecular weight excluding hydrogens is 277 g/mol. The Hall–Kier alpha value is -1.23. The molecule has 0 radical (unpaired) electrons. The summed E-state index contributed by atoms with van der Waals surface area (Å²) in [6.07, 6.45) is -2.54. The molecule has 0 bridgehead atoms. The monoisotopic (exact) mass is 302 g/mol. The first-order chi connectivity index (χ1) is 9.81. The molecule has 1 rings (SSSR count). The van der Waals surface area contributed by atoms with Crippen LogP contribution in [-0.2, 0) is 12.7 Å². The molecule has 1 atom stereocenters. The highest BCUT2D eigenvalue weighted by Crippen LogP contribution is 2.35. The van der Waals surface area contributed by atoms with Crippen LogP contribution in [0, 0.1) is 0 Å². The Morgan fingerprint density at radius 2 is 1.90 bits per heavy atom. The van der Waals surface area contributed by atoms with E-state index in [0.29, 0.717) is 17.8 Å². The van der Waals surface area contributed by atoms with Gasteiger partial charge in [0.15, 0.2) is 0 Å². The minimum atomic E-state index is -4.32. The summed E-state index contributed by atoms with van der Waals surface area (Å²) in [6.45, 7) is 6.97. The molecule has 0 heterocycles. The van der Waals surface area contributed by atoms with Crippen LogP contribution in [0.1, 0.15) is 44.7 Å². The van der Waals surface area contributed by atoms with Gasteiger partial charge in [0, 0.05) is 25.3 Å². The number of halogens is 3. The van der Waals surface area contributed by atoms with Crippen LogP contribution in [0.5, 0.6) is 0 Å². The number of alkyl halides is 3. The van der Waals surface area contributed by atoms with Crippen LogP contribution in [-0.4, -0.2) is 19.6 Å². The average molecular weight is 302 g/mol. The molecule has 2 nitrogen and oxygen atoms in total. The quantitative estimate of drug-likeness (QED) is 0.749. The van der Waals surface area contributed by atoms with Crippen molar-refractivity contribution < 1.29 is 13.2 Å². The van der Waals surface area contributed by atoms with Gasteiger partial charge in [-0.3, -0.25) is 0 Å². The van der Waals surface area contributed by atoms with E-state index in [1.807, 2.05) is 32.7 Å². The molecule has 0 aliphatic carbocycles. The van der Waals surface area contributed by atoms with Crippen molar-refractivity contribution >= 4 is 5.69 Å². The Morgan fingerprint density at radius 1 is 1.24 bits per heavy atom. The van der Waals surface area contributed by atoms with Crippen LogP contribution < -0.4 is 10.2 Å². The zero-order valence-corrected chi connectivity index (χ0v) is 13.2. The molecule has 1 unspecified atom stereocenters. The normalized spacial score (nSPS) is 13.3. The van der Waals surface area contributed by atoms with E-state index in [-0.39, 0.29) is 12.6 Å². The molecule has 0 saturated heterocycles. The maximum absolute atomic E-state index is 13.2. The lowest BCUT2D eigenvalue weighted by Crippen LogP contribution is -2.28. The fourth-order valence-corrected chi connectivity index (χ4v) is 2.13. The van der Waals surface area contributed by atoms with Crippen LogP contribution in [0.2, 0.25) is 0 Å². The number of hydrogen-bond acceptors (Lipinski definition) is 2. The lowest BCUT2D eigenvalue weighted by atomic mass is 10.0. The molecule has 0 amide bonds. The van der Waals surface area contributed by atoms with E-state index in [1.165, 1.54) is 6.07 Å². The highest BCUT2D eigenvalue weighted by molar-refractivity contribution is 5.52. The molecule has 0 fully saturated rings. The van der Waals surface area contributed by atoms with Crippen molar-refractivity contribution in [2.24, 2.45) is 0 Å². The van der Waals surface area contributed by atoms with Crippen molar-refractivity contribution in [3.05, 3.63) is 29.3 Å². The predicted molar refractivity (Wildman–Crippen MR) is 81.6 cm³/mol. The second-order valence-corrected chi connectivity index (χ2v) is 5.38. The Kier molecular flexibility index (Phi) is 6.52. The smallest absolute Gasteiger partial charge is 0.372 e. The number of nitrogens with one attached hydrogen (secondary N) is 1. The largest absolute Gasteiger partial charge is 0.416 e. The molecule has 1 aromatic carbocycles. The van der Waals surface area contributed by atoms with Crippen molar-refractivity contribution in [1.82, 2.24) is 5.32 Å². The third-order valence-corrected chi connectivity index (χ3v) is 3.80. The molecule has 5 heteroatoms. The first-order valence-electron chi connectivity index (χ1n) is 7.44. The van der Waals surface area contributed by atoms with Crippen molar-refractivity contribution in [3.63, 3.8) is 0 Å². The fraction of sp³-hybridized carbons (Fsp3) is 0.625. The molecule has 0 aliphatic rings. The summed E-state index contributed by atoms with van der Waals surface area (Å²) in [6, 6.07) is 4.81. The summed E-state index contributed by atoms with van der Waals surface area (Å²) >= 11 is 0. The summed E-state index contributed by atoms with van der Waals surface area (Å²) in [7, 11) is 1.83. The van der Waals surface area contributed by atoms with E-state index >= 15 is 0 Å². The number of anilines is 1. The highest BCUT2D eigenvalue weighted by atomic mass is 19.4. The molecule has 21 heavy (non-hydrogen) atoms. The maximum atomic E-state index is 13.2. The number of nitrogens with zero attached hydrogens (tertiary/aromatic N) is 1. The molecule has 1 N–H and O–H groups in total. The molecule has 0 spiro atoms.